The molecule has 0 aliphatic carbocycles. The molecule has 0 N–H and O–H groups in total. The van der Waals surface area contributed by atoms with Gasteiger partial charge in [0.05, 0.1) is 10.6 Å². The van der Waals surface area contributed by atoms with E-state index in [1.165, 1.54) is 6.92 Å². The molecular formula is C7H5F2IN2O2. The van der Waals surface area contributed by atoms with Gasteiger partial charge >= 0.3 is 0 Å². The molecule has 0 bridgehead atoms. The normalized spacial score (nSPS) is 10.6. The van der Waals surface area contributed by atoms with Gasteiger partial charge in [-0.2, -0.15) is 0 Å². The fourth-order valence-electron chi connectivity index (χ4n) is 0.928. The van der Waals surface area contributed by atoms with Crippen molar-refractivity contribution in [3.05, 3.63) is 31.1 Å². The SMILES string of the molecule is Cc1ncc(C(F)F)c([N+](=O)[O-])c1I. The average Bonchev–Trinajstić information content (AvgIpc) is 2.08. The van der Waals surface area contributed by atoms with Gasteiger partial charge in [-0.15, -0.1) is 0 Å². The van der Waals surface area contributed by atoms with Crippen molar-refractivity contribution in [2.45, 2.75) is 13.3 Å². The third-order valence-corrected chi connectivity index (χ3v) is 2.91. The molecule has 0 spiro atoms. The van der Waals surface area contributed by atoms with Crippen LogP contribution >= 0.6 is 22.6 Å². The predicted molar refractivity (Wildman–Crippen MR) is 53.3 cm³/mol. The number of nitro groups is 1. The van der Waals surface area contributed by atoms with E-state index in [2.05, 4.69) is 4.98 Å². The molecule has 0 amide bonds. The van der Waals surface area contributed by atoms with Gasteiger partial charge in [0, 0.05) is 6.20 Å². The van der Waals surface area contributed by atoms with Crippen LogP contribution in [0.25, 0.3) is 0 Å². The maximum Gasteiger partial charge on any atom is 0.294 e. The van der Waals surface area contributed by atoms with Crippen LogP contribution in [-0.2, 0) is 0 Å². The molecule has 0 atom stereocenters. The van der Waals surface area contributed by atoms with Gasteiger partial charge in [-0.1, -0.05) is 0 Å². The van der Waals surface area contributed by atoms with Gasteiger partial charge < -0.3 is 0 Å². The van der Waals surface area contributed by atoms with E-state index in [0.29, 0.717) is 5.69 Å². The van der Waals surface area contributed by atoms with Crippen LogP contribution in [0.15, 0.2) is 6.20 Å². The van der Waals surface area contributed by atoms with Crippen LogP contribution in [0, 0.1) is 20.6 Å². The molecule has 0 saturated heterocycles. The van der Waals surface area contributed by atoms with Crippen molar-refractivity contribution < 1.29 is 13.7 Å². The number of halogens is 3. The molecule has 14 heavy (non-hydrogen) atoms. The summed E-state index contributed by atoms with van der Waals surface area (Å²) in [7, 11) is 0. The third kappa shape index (κ3) is 1.97. The lowest BCUT2D eigenvalue weighted by atomic mass is 10.2. The maximum atomic E-state index is 12.4. The minimum Gasteiger partial charge on any atom is -0.259 e. The molecule has 1 heterocycles. The Hall–Kier alpha value is -0.860. The summed E-state index contributed by atoms with van der Waals surface area (Å²) in [5.41, 5.74) is -0.806. The van der Waals surface area contributed by atoms with Crippen LogP contribution in [-0.4, -0.2) is 9.91 Å². The number of hydrogen-bond acceptors (Lipinski definition) is 3. The van der Waals surface area contributed by atoms with E-state index in [-0.39, 0.29) is 3.57 Å². The number of aromatic nitrogens is 1. The average molecular weight is 314 g/mol. The fraction of sp³-hybridized carbons (Fsp3) is 0.286. The summed E-state index contributed by atoms with van der Waals surface area (Å²) in [6.07, 6.45) is -2.03. The first-order chi connectivity index (χ1) is 6.45. The molecule has 0 aromatic carbocycles. The lowest BCUT2D eigenvalue weighted by Crippen LogP contribution is -2.02. The van der Waals surface area contributed by atoms with E-state index < -0.39 is 22.6 Å². The zero-order valence-corrected chi connectivity index (χ0v) is 9.16. The standard InChI is InChI=1S/C7H5F2IN2O2/c1-3-5(10)6(12(13)14)4(2-11-3)7(8)9/h2,7H,1H3. The van der Waals surface area contributed by atoms with Gasteiger partial charge in [-0.25, -0.2) is 8.78 Å². The van der Waals surface area contributed by atoms with Crippen LogP contribution in [0.2, 0.25) is 0 Å². The lowest BCUT2D eigenvalue weighted by molar-refractivity contribution is -0.387. The van der Waals surface area contributed by atoms with Crippen molar-refractivity contribution >= 4 is 28.3 Å². The van der Waals surface area contributed by atoms with Gasteiger partial charge in [0.25, 0.3) is 12.1 Å². The van der Waals surface area contributed by atoms with Crippen molar-refractivity contribution in [2.75, 3.05) is 0 Å². The van der Waals surface area contributed by atoms with E-state index in [9.17, 15) is 18.9 Å². The van der Waals surface area contributed by atoms with Crippen molar-refractivity contribution in [3.8, 4) is 0 Å². The molecule has 0 saturated carbocycles. The summed E-state index contributed by atoms with van der Waals surface area (Å²) in [5.74, 6) is 0. The summed E-state index contributed by atoms with van der Waals surface area (Å²) in [5, 5.41) is 10.5. The zero-order chi connectivity index (χ0) is 10.9. The minimum absolute atomic E-state index is 0.158. The quantitative estimate of drug-likeness (QED) is 0.479. The maximum absolute atomic E-state index is 12.4. The van der Waals surface area contributed by atoms with Crippen LogP contribution in [0.4, 0.5) is 14.5 Å². The molecule has 1 aromatic rings. The second kappa shape index (κ2) is 4.11. The van der Waals surface area contributed by atoms with Crippen molar-refractivity contribution in [1.29, 1.82) is 0 Å². The summed E-state index contributed by atoms with van der Waals surface area (Å²) >= 11 is 1.64. The number of nitrogens with zero attached hydrogens (tertiary/aromatic N) is 2. The largest absolute Gasteiger partial charge is 0.294 e. The molecule has 0 fully saturated rings. The number of rotatable bonds is 2. The molecule has 0 radical (unpaired) electrons. The predicted octanol–water partition coefficient (Wildman–Crippen LogP) is 2.84. The zero-order valence-electron chi connectivity index (χ0n) is 7.00. The Balaban J connectivity index is 3.45. The molecular weight excluding hydrogens is 309 g/mol. The van der Waals surface area contributed by atoms with E-state index >= 15 is 0 Å². The van der Waals surface area contributed by atoms with Crippen LogP contribution < -0.4 is 0 Å². The van der Waals surface area contributed by atoms with Crippen molar-refractivity contribution in [2.24, 2.45) is 0 Å². The molecule has 7 heteroatoms. The Kier molecular flexibility index (Phi) is 3.29. The summed E-state index contributed by atoms with van der Waals surface area (Å²) in [6.45, 7) is 1.53. The Morgan fingerprint density at radius 3 is 2.64 bits per heavy atom. The smallest absolute Gasteiger partial charge is 0.259 e. The Labute approximate surface area is 91.6 Å². The first-order valence-electron chi connectivity index (χ1n) is 3.52. The highest BCUT2D eigenvalue weighted by Gasteiger charge is 2.26. The van der Waals surface area contributed by atoms with Gasteiger partial charge in [0.15, 0.2) is 0 Å². The van der Waals surface area contributed by atoms with Gasteiger partial charge in [0.2, 0.25) is 0 Å². The summed E-state index contributed by atoms with van der Waals surface area (Å²) in [6, 6.07) is 0. The summed E-state index contributed by atoms with van der Waals surface area (Å²) < 4.78 is 24.9. The molecule has 1 rings (SSSR count). The Morgan fingerprint density at radius 1 is 1.64 bits per heavy atom. The molecule has 0 aliphatic rings. The molecule has 1 aromatic heterocycles. The fourth-order valence-corrected chi connectivity index (χ4v) is 1.58. The molecule has 0 unspecified atom stereocenters. The first kappa shape index (κ1) is 11.2. The van der Waals surface area contributed by atoms with Gasteiger partial charge in [-0.05, 0) is 29.5 Å². The van der Waals surface area contributed by atoms with Crippen LogP contribution in [0.3, 0.4) is 0 Å². The number of hydrogen-bond donors (Lipinski definition) is 0. The van der Waals surface area contributed by atoms with Gasteiger partial charge in [-0.3, -0.25) is 15.1 Å². The highest BCUT2D eigenvalue weighted by atomic mass is 127. The minimum atomic E-state index is -2.88. The molecule has 76 valence electrons. The van der Waals surface area contributed by atoms with E-state index in [0.717, 1.165) is 6.20 Å². The third-order valence-electron chi connectivity index (χ3n) is 1.61. The molecule has 4 nitrogen and oxygen atoms in total. The van der Waals surface area contributed by atoms with Crippen LogP contribution in [0.5, 0.6) is 0 Å². The van der Waals surface area contributed by atoms with E-state index in [1.807, 2.05) is 0 Å². The number of alkyl halides is 2. The van der Waals surface area contributed by atoms with Gasteiger partial charge in [0.1, 0.15) is 9.13 Å². The monoisotopic (exact) mass is 314 g/mol. The first-order valence-corrected chi connectivity index (χ1v) is 4.60. The topological polar surface area (TPSA) is 56.0 Å². The van der Waals surface area contributed by atoms with Crippen LogP contribution in [0.1, 0.15) is 17.7 Å². The Morgan fingerprint density at radius 2 is 2.21 bits per heavy atom. The second-order valence-electron chi connectivity index (χ2n) is 2.52. The second-order valence-corrected chi connectivity index (χ2v) is 3.60. The van der Waals surface area contributed by atoms with E-state index in [4.69, 9.17) is 0 Å². The molecule has 0 aliphatic heterocycles. The van der Waals surface area contributed by atoms with E-state index in [1.54, 1.807) is 22.6 Å². The lowest BCUT2D eigenvalue weighted by Gasteiger charge is -2.04. The van der Waals surface area contributed by atoms with Crippen molar-refractivity contribution in [3.63, 3.8) is 0 Å². The highest BCUT2D eigenvalue weighted by Crippen LogP contribution is 2.33. The van der Waals surface area contributed by atoms with Crippen molar-refractivity contribution in [1.82, 2.24) is 4.98 Å². The number of aryl methyl sites for hydroxylation is 1. The Bertz CT molecular complexity index is 384. The number of pyridine rings is 1. The summed E-state index contributed by atoms with van der Waals surface area (Å²) in [4.78, 5) is 13.4. The highest BCUT2D eigenvalue weighted by molar-refractivity contribution is 14.1.